The molecule has 0 saturated carbocycles. The zero-order chi connectivity index (χ0) is 81.9. The molecule has 109 heavy (non-hydrogen) atoms. The van der Waals surface area contributed by atoms with Crippen molar-refractivity contribution in [1.82, 2.24) is 88.6 Å². The number of carbonyl (C=O) groups is 16. The number of imidazole rings is 2. The van der Waals surface area contributed by atoms with Crippen molar-refractivity contribution in [3.05, 3.63) is 36.4 Å². The van der Waals surface area contributed by atoms with E-state index in [0.717, 1.165) is 4.90 Å². The van der Waals surface area contributed by atoms with Crippen LogP contribution in [-0.4, -0.2) is 263 Å². The molecule has 1 fully saturated rings. The number of aromatic nitrogens is 4. The lowest BCUT2D eigenvalue weighted by Gasteiger charge is -2.30. The fraction of sp³-hybridized carbons (Fsp3) is 0.652. The Kier molecular flexibility index (Phi) is 39.6. The Balaban J connectivity index is 1.78. The van der Waals surface area contributed by atoms with E-state index in [-0.39, 0.29) is 82.3 Å². The van der Waals surface area contributed by atoms with E-state index in [0.29, 0.717) is 11.4 Å². The molecular formula is C66H108N22O20S. The number of aliphatic hydroxyl groups excluding tert-OH is 2. The van der Waals surface area contributed by atoms with Gasteiger partial charge in [0.05, 0.1) is 38.5 Å². The first kappa shape index (κ1) is 92.6. The summed E-state index contributed by atoms with van der Waals surface area (Å²) in [6.07, 6.45) is 3.28. The quantitative estimate of drug-likeness (QED) is 0.0127. The van der Waals surface area contributed by atoms with Crippen LogP contribution in [0.3, 0.4) is 0 Å². The fourth-order valence-electron chi connectivity index (χ4n) is 11.2. The van der Waals surface area contributed by atoms with Crippen molar-refractivity contribution in [2.75, 3.05) is 38.6 Å². The SMILES string of the molecule is CC(C)C[C@H](NC(=O)[C@H](CCCN=C(N)N)NC(=O)[C@H](CO)NC(=O)[C@H](Cc1cnc[nH]1)NC(=O)[C@H](CC(C)C)NC(=O)[C@@H](NC(=O)[C@@H](N)Cc1cnc[nH]1)C(C)C)C(=O)N[C@@H](CO)C(=O)NCC(=O)N[C@@H](CCC(N)=O)C(=O)N[C@@H](CS)C(=O)N1CCC[C@H]1C(=O)N[C@@H](CCC(=O)O)C(=O)N[C@H](C(=O)O)C(C)C. The van der Waals surface area contributed by atoms with Crippen LogP contribution in [0.2, 0.25) is 0 Å². The number of nitrogens with zero attached hydrogens (tertiary/aromatic N) is 4. The Morgan fingerprint density at radius 3 is 1.49 bits per heavy atom. The Morgan fingerprint density at radius 2 is 0.991 bits per heavy atom. The highest BCUT2D eigenvalue weighted by Gasteiger charge is 2.41. The summed E-state index contributed by atoms with van der Waals surface area (Å²) < 4.78 is 0. The van der Waals surface area contributed by atoms with Crippen molar-refractivity contribution >= 4 is 113 Å². The van der Waals surface area contributed by atoms with Gasteiger partial charge in [-0.05, 0) is 75.0 Å². The molecule has 14 amide bonds. The van der Waals surface area contributed by atoms with E-state index in [1.54, 1.807) is 41.5 Å². The number of likely N-dealkylation sites (tertiary alicyclic amines) is 1. The lowest BCUT2D eigenvalue weighted by molar-refractivity contribution is -0.145. The molecule has 42 nitrogen and oxygen atoms in total. The molecule has 13 atom stereocenters. The molecule has 0 aromatic carbocycles. The number of aliphatic carboxylic acids is 2. The second kappa shape index (κ2) is 46.6. The number of primary amides is 1. The highest BCUT2D eigenvalue weighted by Crippen LogP contribution is 2.21. The van der Waals surface area contributed by atoms with Crippen LogP contribution >= 0.6 is 12.6 Å². The molecule has 0 aliphatic carbocycles. The normalized spacial score (nSPS) is 16.0. The summed E-state index contributed by atoms with van der Waals surface area (Å²) in [7, 11) is 0. The van der Waals surface area contributed by atoms with Crippen LogP contribution in [0.4, 0.5) is 0 Å². The second-order valence-electron chi connectivity index (χ2n) is 27.7. The first-order valence-electron chi connectivity index (χ1n) is 35.5. The molecule has 0 bridgehead atoms. The van der Waals surface area contributed by atoms with Gasteiger partial charge in [-0.15, -0.1) is 0 Å². The molecule has 3 rings (SSSR count). The van der Waals surface area contributed by atoms with E-state index in [1.807, 2.05) is 0 Å². The topological polar surface area (TPSA) is 675 Å². The minimum atomic E-state index is -1.83. The number of carboxylic acid groups (broad SMARTS) is 2. The van der Waals surface area contributed by atoms with Crippen LogP contribution in [0.5, 0.6) is 0 Å². The number of hydrogen-bond acceptors (Lipinski definition) is 23. The number of rotatable bonds is 49. The standard InChI is InChI=1S/C66H108N22O20S/c1-31(2)19-41(59(101)83-44(26-89)54(96)74-25-49(92)77-39(13-15-48(68)91)56(98)85-46(28-109)64(106)88-18-10-12-47(88)62(104)79-40(14-16-50(93)94)57(99)87-52(34(7)8)65(107)108)80-55(97)38(11-9-17-73-66(69)70)78-61(103)45(27-90)84-60(102)43(22-36-24-72-30-76-36)81-58(100)42(20-32(3)4)82-63(105)51(33(5)6)86-53(95)37(67)21-35-23-71-29-75-35/h23-24,29-34,37-47,51-52,89-90,109H,9-22,25-28,67H2,1-8H3,(H2,68,91)(H,71,75)(H,72,76)(H,74,96)(H,77,92)(H,78,103)(H,79,104)(H,80,97)(H,81,100)(H,82,105)(H,83,101)(H,84,102)(H,85,98)(H,86,95)(H,87,99)(H,93,94)(H,107,108)(H4,69,70,73)/t37-,38-,39-,40-,41-,42-,43-,44-,45-,46-,47-,51-,52-/m0/s1. The van der Waals surface area contributed by atoms with Gasteiger partial charge in [-0.2, -0.15) is 12.6 Å². The molecule has 0 radical (unpaired) electrons. The number of carbonyl (C=O) groups excluding carboxylic acids is 14. The van der Waals surface area contributed by atoms with Crippen molar-refractivity contribution in [3.8, 4) is 0 Å². The summed E-state index contributed by atoms with van der Waals surface area (Å²) in [5.41, 5.74) is 23.5. The Labute approximate surface area is 634 Å². The molecule has 1 aliphatic heterocycles. The Hall–Kier alpha value is -10.6. The molecular weight excluding hydrogens is 1450 g/mol. The molecule has 1 saturated heterocycles. The summed E-state index contributed by atoms with van der Waals surface area (Å²) in [6, 6.07) is -19.2. The number of aromatic amines is 2. The number of aliphatic imine (C=N–C) groups is 1. The summed E-state index contributed by atoms with van der Waals surface area (Å²) in [5.74, 6) is -18.6. The minimum Gasteiger partial charge on any atom is -0.481 e. The number of carboxylic acids is 2. The van der Waals surface area contributed by atoms with Gasteiger partial charge in [0.1, 0.15) is 72.5 Å². The highest BCUT2D eigenvalue weighted by atomic mass is 32.1. The molecule has 2 aromatic heterocycles. The van der Waals surface area contributed by atoms with Crippen LogP contribution in [0, 0.1) is 23.7 Å². The smallest absolute Gasteiger partial charge is 0.326 e. The molecule has 608 valence electrons. The third-order valence-electron chi connectivity index (χ3n) is 17.0. The summed E-state index contributed by atoms with van der Waals surface area (Å²) in [4.78, 5) is 234. The van der Waals surface area contributed by atoms with Gasteiger partial charge >= 0.3 is 11.9 Å². The van der Waals surface area contributed by atoms with Crippen molar-refractivity contribution < 1.29 is 97.1 Å². The lowest BCUT2D eigenvalue weighted by atomic mass is 9.99. The highest BCUT2D eigenvalue weighted by molar-refractivity contribution is 7.80. The molecule has 26 N–H and O–H groups in total. The van der Waals surface area contributed by atoms with Crippen molar-refractivity contribution in [3.63, 3.8) is 0 Å². The van der Waals surface area contributed by atoms with Gasteiger partial charge in [0.2, 0.25) is 82.7 Å². The molecule has 3 heterocycles. The van der Waals surface area contributed by atoms with E-state index in [9.17, 15) is 97.1 Å². The third kappa shape index (κ3) is 32.4. The number of guanidine groups is 1. The molecule has 2 aromatic rings. The van der Waals surface area contributed by atoms with Gasteiger partial charge in [0.15, 0.2) is 5.96 Å². The van der Waals surface area contributed by atoms with Crippen molar-refractivity contribution in [1.29, 1.82) is 0 Å². The number of hydrogen-bond donors (Lipinski definition) is 23. The number of H-pyrrole nitrogens is 2. The van der Waals surface area contributed by atoms with Gasteiger partial charge in [0, 0.05) is 68.3 Å². The number of nitrogens with two attached hydrogens (primary N) is 4. The maximum atomic E-state index is 14.4. The van der Waals surface area contributed by atoms with E-state index < -0.39 is 236 Å². The van der Waals surface area contributed by atoms with E-state index >= 15 is 0 Å². The first-order chi connectivity index (χ1) is 51.3. The summed E-state index contributed by atoms with van der Waals surface area (Å²) >= 11 is 4.22. The van der Waals surface area contributed by atoms with Gasteiger partial charge < -0.3 is 122 Å². The van der Waals surface area contributed by atoms with Crippen LogP contribution in [0.1, 0.15) is 131 Å². The van der Waals surface area contributed by atoms with Crippen LogP contribution in [-0.2, 0) is 89.6 Å². The van der Waals surface area contributed by atoms with Crippen molar-refractivity contribution in [2.45, 2.75) is 211 Å². The Morgan fingerprint density at radius 1 is 0.541 bits per heavy atom. The monoisotopic (exact) mass is 1560 g/mol. The average Bonchev–Trinajstić information content (AvgIpc) is 1.73. The number of thiol groups is 1. The first-order valence-corrected chi connectivity index (χ1v) is 36.2. The molecule has 1 aliphatic rings. The van der Waals surface area contributed by atoms with Gasteiger partial charge in [-0.25, -0.2) is 14.8 Å². The zero-order valence-corrected chi connectivity index (χ0v) is 63.1. The lowest BCUT2D eigenvalue weighted by Crippen LogP contribution is -2.61. The van der Waals surface area contributed by atoms with Crippen molar-refractivity contribution in [2.24, 2.45) is 51.6 Å². The molecule has 0 unspecified atom stereocenters. The van der Waals surface area contributed by atoms with Gasteiger partial charge in [-0.1, -0.05) is 55.4 Å². The molecule has 43 heteroatoms. The number of amides is 14. The second-order valence-corrected chi connectivity index (χ2v) is 28.0. The number of aliphatic hydroxyl groups is 2. The Bertz CT molecular complexity index is 3450. The maximum Gasteiger partial charge on any atom is 0.326 e. The van der Waals surface area contributed by atoms with Gasteiger partial charge in [0.25, 0.3) is 0 Å². The summed E-state index contributed by atoms with van der Waals surface area (Å²) in [5, 5.41) is 69.3. The predicted octanol–water partition coefficient (Wildman–Crippen LogP) is -7.73. The average molecular weight is 1560 g/mol. The van der Waals surface area contributed by atoms with Crippen LogP contribution < -0.4 is 86.7 Å². The van der Waals surface area contributed by atoms with E-state index in [2.05, 4.69) is 101 Å². The zero-order valence-electron chi connectivity index (χ0n) is 62.2. The van der Waals surface area contributed by atoms with E-state index in [1.165, 1.54) is 38.9 Å². The van der Waals surface area contributed by atoms with Crippen LogP contribution in [0.15, 0.2) is 30.0 Å². The summed E-state index contributed by atoms with van der Waals surface area (Å²) in [6.45, 7) is 10.00. The van der Waals surface area contributed by atoms with Gasteiger partial charge in [-0.3, -0.25) is 76.9 Å². The van der Waals surface area contributed by atoms with E-state index in [4.69, 9.17) is 22.9 Å². The third-order valence-corrected chi connectivity index (χ3v) is 17.3. The number of nitrogens with one attached hydrogen (secondary N) is 14. The fourth-order valence-corrected chi connectivity index (χ4v) is 11.4. The minimum absolute atomic E-state index is 0.00304. The predicted molar refractivity (Wildman–Crippen MR) is 391 cm³/mol. The largest absolute Gasteiger partial charge is 0.481 e. The molecule has 0 spiro atoms. The maximum absolute atomic E-state index is 14.4. The van der Waals surface area contributed by atoms with Crippen LogP contribution in [0.25, 0.3) is 0 Å².